The van der Waals surface area contributed by atoms with Crippen LogP contribution in [0.2, 0.25) is 0 Å². The van der Waals surface area contributed by atoms with Crippen LogP contribution in [0.5, 0.6) is 0 Å². The molecule has 2 heterocycles. The molecular formula is C14H19N3O. The molecule has 0 spiro atoms. The average Bonchev–Trinajstić information content (AvgIpc) is 2.90. The molecule has 0 aliphatic heterocycles. The van der Waals surface area contributed by atoms with Gasteiger partial charge in [-0.15, -0.1) is 0 Å². The van der Waals surface area contributed by atoms with E-state index in [9.17, 15) is 0 Å². The highest BCUT2D eigenvalue weighted by atomic mass is 16.3. The zero-order valence-electron chi connectivity index (χ0n) is 10.6. The van der Waals surface area contributed by atoms with Crippen LogP contribution in [0.1, 0.15) is 30.7 Å². The first-order chi connectivity index (χ1) is 8.81. The first-order valence-electron chi connectivity index (χ1n) is 6.27. The van der Waals surface area contributed by atoms with Gasteiger partial charge in [0.05, 0.1) is 12.3 Å². The monoisotopic (exact) mass is 245 g/mol. The van der Waals surface area contributed by atoms with Gasteiger partial charge in [-0.05, 0) is 43.1 Å². The number of rotatable bonds is 6. The molecule has 2 aromatic rings. The van der Waals surface area contributed by atoms with Gasteiger partial charge in [0, 0.05) is 6.20 Å². The van der Waals surface area contributed by atoms with E-state index >= 15 is 0 Å². The molecule has 0 aliphatic carbocycles. The van der Waals surface area contributed by atoms with Gasteiger partial charge in [0.25, 0.3) is 0 Å². The Hall–Kier alpha value is -1.81. The molecule has 0 aliphatic rings. The van der Waals surface area contributed by atoms with Crippen molar-refractivity contribution in [1.29, 1.82) is 0 Å². The number of nitrogens with one attached hydrogen (secondary N) is 1. The number of pyridine rings is 1. The quantitative estimate of drug-likeness (QED) is 0.821. The topological polar surface area (TPSA) is 64.1 Å². The van der Waals surface area contributed by atoms with Gasteiger partial charge in [-0.3, -0.25) is 0 Å². The zero-order valence-corrected chi connectivity index (χ0v) is 10.6. The van der Waals surface area contributed by atoms with E-state index in [0.29, 0.717) is 5.82 Å². The van der Waals surface area contributed by atoms with Crippen molar-refractivity contribution >= 4 is 5.82 Å². The standard InChI is InChI=1S/C14H19N3O/c1-2-7-16-12(13-6-4-9-18-13)10-11-5-3-8-17-14(11)15/h3-6,8-9,12,16H,2,7,10H2,1H3,(H2,15,17). The molecule has 0 bridgehead atoms. The molecule has 1 unspecified atom stereocenters. The molecule has 3 N–H and O–H groups in total. The SMILES string of the molecule is CCCNC(Cc1cccnc1N)c1ccco1. The van der Waals surface area contributed by atoms with Crippen LogP contribution in [0.4, 0.5) is 5.82 Å². The second-order valence-electron chi connectivity index (χ2n) is 4.27. The van der Waals surface area contributed by atoms with Gasteiger partial charge in [-0.2, -0.15) is 0 Å². The molecule has 0 saturated heterocycles. The van der Waals surface area contributed by atoms with Crippen molar-refractivity contribution in [2.75, 3.05) is 12.3 Å². The van der Waals surface area contributed by atoms with Crippen LogP contribution >= 0.6 is 0 Å². The van der Waals surface area contributed by atoms with Crippen LogP contribution in [0, 0.1) is 0 Å². The number of aromatic nitrogens is 1. The third kappa shape index (κ3) is 3.11. The smallest absolute Gasteiger partial charge is 0.126 e. The molecule has 0 radical (unpaired) electrons. The lowest BCUT2D eigenvalue weighted by Crippen LogP contribution is -2.24. The highest BCUT2D eigenvalue weighted by molar-refractivity contribution is 5.39. The highest BCUT2D eigenvalue weighted by Crippen LogP contribution is 2.21. The Labute approximate surface area is 107 Å². The fourth-order valence-electron chi connectivity index (χ4n) is 1.92. The van der Waals surface area contributed by atoms with E-state index in [-0.39, 0.29) is 6.04 Å². The van der Waals surface area contributed by atoms with Crippen LogP contribution in [-0.4, -0.2) is 11.5 Å². The van der Waals surface area contributed by atoms with Gasteiger partial charge in [0.1, 0.15) is 11.6 Å². The summed E-state index contributed by atoms with van der Waals surface area (Å²) in [5.74, 6) is 1.53. The van der Waals surface area contributed by atoms with Crippen molar-refractivity contribution in [3.05, 3.63) is 48.0 Å². The van der Waals surface area contributed by atoms with Crippen LogP contribution in [0.3, 0.4) is 0 Å². The van der Waals surface area contributed by atoms with Crippen LogP contribution in [-0.2, 0) is 6.42 Å². The Bertz CT molecular complexity index is 468. The molecule has 0 fully saturated rings. The highest BCUT2D eigenvalue weighted by Gasteiger charge is 2.15. The third-order valence-electron chi connectivity index (χ3n) is 2.88. The van der Waals surface area contributed by atoms with Gasteiger partial charge in [0.2, 0.25) is 0 Å². The van der Waals surface area contributed by atoms with Gasteiger partial charge in [0.15, 0.2) is 0 Å². The Kier molecular flexibility index (Phi) is 4.36. The van der Waals surface area contributed by atoms with Gasteiger partial charge in [-0.1, -0.05) is 13.0 Å². The molecule has 2 aromatic heterocycles. The maximum atomic E-state index is 5.88. The van der Waals surface area contributed by atoms with Gasteiger partial charge < -0.3 is 15.5 Å². The molecule has 96 valence electrons. The Morgan fingerprint density at radius 3 is 2.94 bits per heavy atom. The number of hydrogen-bond acceptors (Lipinski definition) is 4. The number of nitrogens with two attached hydrogens (primary N) is 1. The van der Waals surface area contributed by atoms with Crippen molar-refractivity contribution in [2.45, 2.75) is 25.8 Å². The predicted octanol–water partition coefficient (Wildman–Crippen LogP) is 2.54. The van der Waals surface area contributed by atoms with Crippen molar-refractivity contribution in [3.63, 3.8) is 0 Å². The molecule has 0 saturated carbocycles. The number of hydrogen-bond donors (Lipinski definition) is 2. The fraction of sp³-hybridized carbons (Fsp3) is 0.357. The van der Waals surface area contributed by atoms with Gasteiger partial charge in [-0.25, -0.2) is 4.98 Å². The summed E-state index contributed by atoms with van der Waals surface area (Å²) in [6, 6.07) is 7.95. The Balaban J connectivity index is 2.13. The minimum atomic E-state index is 0.145. The zero-order chi connectivity index (χ0) is 12.8. The lowest BCUT2D eigenvalue weighted by atomic mass is 10.0. The first kappa shape index (κ1) is 12.6. The summed E-state index contributed by atoms with van der Waals surface area (Å²) in [6.07, 6.45) is 5.27. The van der Waals surface area contributed by atoms with Gasteiger partial charge >= 0.3 is 0 Å². The summed E-state index contributed by atoms with van der Waals surface area (Å²) < 4.78 is 5.48. The largest absolute Gasteiger partial charge is 0.468 e. The number of nitrogen functional groups attached to an aromatic ring is 1. The van der Waals surface area contributed by atoms with E-state index in [0.717, 1.165) is 30.7 Å². The number of anilines is 1. The van der Waals surface area contributed by atoms with Crippen molar-refractivity contribution < 1.29 is 4.42 Å². The number of nitrogens with zero attached hydrogens (tertiary/aromatic N) is 1. The molecule has 4 heteroatoms. The van der Waals surface area contributed by atoms with Crippen molar-refractivity contribution in [1.82, 2.24) is 10.3 Å². The third-order valence-corrected chi connectivity index (χ3v) is 2.88. The Morgan fingerprint density at radius 1 is 1.39 bits per heavy atom. The van der Waals surface area contributed by atoms with E-state index in [1.165, 1.54) is 0 Å². The summed E-state index contributed by atoms with van der Waals surface area (Å²) in [7, 11) is 0. The molecular weight excluding hydrogens is 226 g/mol. The molecule has 4 nitrogen and oxygen atoms in total. The predicted molar refractivity (Wildman–Crippen MR) is 72.1 cm³/mol. The Morgan fingerprint density at radius 2 is 2.28 bits per heavy atom. The van der Waals surface area contributed by atoms with E-state index in [4.69, 9.17) is 10.2 Å². The summed E-state index contributed by atoms with van der Waals surface area (Å²) >= 11 is 0. The molecule has 2 rings (SSSR count). The van der Waals surface area contributed by atoms with Crippen LogP contribution in [0.15, 0.2) is 41.1 Å². The molecule has 0 amide bonds. The fourth-order valence-corrected chi connectivity index (χ4v) is 1.92. The van der Waals surface area contributed by atoms with E-state index < -0.39 is 0 Å². The average molecular weight is 245 g/mol. The summed E-state index contributed by atoms with van der Waals surface area (Å²) in [6.45, 7) is 3.09. The summed E-state index contributed by atoms with van der Waals surface area (Å²) in [5, 5.41) is 3.47. The lowest BCUT2D eigenvalue weighted by molar-refractivity contribution is 0.410. The minimum Gasteiger partial charge on any atom is -0.468 e. The maximum Gasteiger partial charge on any atom is 0.126 e. The van der Waals surface area contributed by atoms with E-state index in [1.807, 2.05) is 24.3 Å². The molecule has 18 heavy (non-hydrogen) atoms. The maximum absolute atomic E-state index is 5.88. The lowest BCUT2D eigenvalue weighted by Gasteiger charge is -2.17. The summed E-state index contributed by atoms with van der Waals surface area (Å²) in [5.41, 5.74) is 6.93. The van der Waals surface area contributed by atoms with Crippen molar-refractivity contribution in [3.8, 4) is 0 Å². The number of furan rings is 1. The summed E-state index contributed by atoms with van der Waals surface area (Å²) in [4.78, 5) is 4.11. The second kappa shape index (κ2) is 6.21. The van der Waals surface area contributed by atoms with Crippen LogP contribution in [0.25, 0.3) is 0 Å². The molecule has 1 atom stereocenters. The van der Waals surface area contributed by atoms with E-state index in [1.54, 1.807) is 12.5 Å². The normalized spacial score (nSPS) is 12.5. The minimum absolute atomic E-state index is 0.145. The second-order valence-corrected chi connectivity index (χ2v) is 4.27. The van der Waals surface area contributed by atoms with E-state index in [2.05, 4.69) is 17.2 Å². The van der Waals surface area contributed by atoms with Crippen LogP contribution < -0.4 is 11.1 Å². The molecule has 0 aromatic carbocycles. The van der Waals surface area contributed by atoms with Crippen molar-refractivity contribution in [2.24, 2.45) is 0 Å². The first-order valence-corrected chi connectivity index (χ1v) is 6.27.